The summed E-state index contributed by atoms with van der Waals surface area (Å²) in [5, 5.41) is 2.60. The van der Waals surface area contributed by atoms with Crippen molar-refractivity contribution in [3.63, 3.8) is 0 Å². The molecule has 2 aliphatic carbocycles. The van der Waals surface area contributed by atoms with Gasteiger partial charge in [0.2, 0.25) is 0 Å². The van der Waals surface area contributed by atoms with Gasteiger partial charge in [0.05, 0.1) is 22.2 Å². The van der Waals surface area contributed by atoms with E-state index in [-0.39, 0.29) is 0 Å². The lowest BCUT2D eigenvalue weighted by Gasteiger charge is -2.39. The van der Waals surface area contributed by atoms with E-state index in [2.05, 4.69) is 278 Å². The van der Waals surface area contributed by atoms with Crippen LogP contribution >= 0.6 is 11.3 Å². The van der Waals surface area contributed by atoms with Crippen LogP contribution in [0.25, 0.3) is 64.7 Å². The zero-order valence-electron chi connectivity index (χ0n) is 42.2. The Kier molecular flexibility index (Phi) is 9.14. The number of anilines is 3. The largest absolute Gasteiger partial charge is 0.457 e. The van der Waals surface area contributed by atoms with E-state index in [4.69, 9.17) is 9.47 Å². The molecule has 0 unspecified atom stereocenters. The fourth-order valence-corrected chi connectivity index (χ4v) is 15.4. The molecule has 4 heteroatoms. The number of hydrogen-bond acceptors (Lipinski definition) is 4. The van der Waals surface area contributed by atoms with E-state index in [0.717, 1.165) is 67.9 Å². The number of fused-ring (bicyclic) bond motifs is 21. The van der Waals surface area contributed by atoms with Crippen molar-refractivity contribution in [2.24, 2.45) is 0 Å². The second kappa shape index (κ2) is 16.4. The molecular weight excluding hydrogens is 967 g/mol. The van der Waals surface area contributed by atoms with Crippen molar-refractivity contribution in [2.45, 2.75) is 10.8 Å². The Labute approximate surface area is 456 Å². The van der Waals surface area contributed by atoms with Gasteiger partial charge >= 0.3 is 0 Å². The molecule has 0 saturated carbocycles. The average molecular weight is 1010 g/mol. The molecule has 0 radical (unpaired) electrons. The third-order valence-electron chi connectivity index (χ3n) is 17.2. The summed E-state index contributed by atoms with van der Waals surface area (Å²) >= 11 is 1.86. The van der Waals surface area contributed by atoms with Gasteiger partial charge in [0.15, 0.2) is 0 Å². The summed E-state index contributed by atoms with van der Waals surface area (Å²) in [7, 11) is 0. The number of ether oxygens (including phenoxy) is 2. The predicted octanol–water partition coefficient (Wildman–Crippen LogP) is 19.8. The third kappa shape index (κ3) is 5.71. The molecule has 0 saturated heterocycles. The average Bonchev–Trinajstić information content (AvgIpc) is 3.56. The van der Waals surface area contributed by atoms with E-state index in [1.165, 1.54) is 81.4 Å². The first-order valence-electron chi connectivity index (χ1n) is 26.8. The molecule has 4 aliphatic rings. The minimum atomic E-state index is -0.640. The molecule has 364 valence electrons. The molecule has 0 bridgehead atoms. The first-order valence-corrected chi connectivity index (χ1v) is 27.6. The van der Waals surface area contributed by atoms with Gasteiger partial charge in [-0.2, -0.15) is 0 Å². The number of benzene rings is 12. The molecule has 3 heterocycles. The maximum absolute atomic E-state index is 6.79. The molecule has 78 heavy (non-hydrogen) atoms. The quantitative estimate of drug-likeness (QED) is 0.171. The van der Waals surface area contributed by atoms with Crippen molar-refractivity contribution in [3.05, 3.63) is 317 Å². The molecule has 0 N–H and O–H groups in total. The molecular formula is C74H45NO2S. The Morgan fingerprint density at radius 3 is 1.31 bits per heavy atom. The molecule has 2 aliphatic heterocycles. The second-order valence-electron chi connectivity index (χ2n) is 20.9. The molecule has 12 aromatic carbocycles. The molecule has 1 aromatic heterocycles. The van der Waals surface area contributed by atoms with E-state index in [9.17, 15) is 0 Å². The zero-order valence-corrected chi connectivity index (χ0v) is 43.0. The number of thiophene rings is 1. The van der Waals surface area contributed by atoms with Crippen LogP contribution in [0.3, 0.4) is 0 Å². The van der Waals surface area contributed by atoms with Gasteiger partial charge in [-0.3, -0.25) is 0 Å². The van der Waals surface area contributed by atoms with E-state index in [1.807, 2.05) is 11.3 Å². The van der Waals surface area contributed by atoms with Crippen molar-refractivity contribution in [3.8, 4) is 67.5 Å². The highest BCUT2D eigenvalue weighted by molar-refractivity contribution is 7.25. The molecule has 0 amide bonds. The lowest BCUT2D eigenvalue weighted by atomic mass is 9.66. The number of rotatable bonds is 5. The smallest absolute Gasteiger partial charge is 0.132 e. The highest BCUT2D eigenvalue weighted by Gasteiger charge is 2.53. The van der Waals surface area contributed by atoms with Gasteiger partial charge in [0, 0.05) is 59.2 Å². The normalized spacial score (nSPS) is 14.1. The number of nitrogens with zero attached hydrogens (tertiary/aromatic N) is 1. The minimum absolute atomic E-state index is 0.608. The Hall–Kier alpha value is -9.74. The molecule has 17 rings (SSSR count). The van der Waals surface area contributed by atoms with Crippen LogP contribution in [0.15, 0.2) is 273 Å². The second-order valence-corrected chi connectivity index (χ2v) is 22.0. The van der Waals surface area contributed by atoms with E-state index < -0.39 is 10.8 Å². The summed E-state index contributed by atoms with van der Waals surface area (Å²) in [6, 6.07) is 101. The Bertz CT molecular complexity index is 4570. The van der Waals surface area contributed by atoms with Crippen LogP contribution in [0.5, 0.6) is 23.0 Å². The Morgan fingerprint density at radius 1 is 0.282 bits per heavy atom. The maximum Gasteiger partial charge on any atom is 0.132 e. The van der Waals surface area contributed by atoms with Crippen LogP contribution in [0.4, 0.5) is 17.1 Å². The standard InChI is InChI=1S/C74H45NO2S/c1-5-26-54-51(21-1)70-50(25-17-32-60(70)73(54)56-28-7-12-36-64(56)76-65-37-13-8-29-57(65)73)49-20-3-11-34-62(49)75(47-44-42-46(43-45-47)48-24-18-41-69-71(48)53-23-4-16-40-68(53)78-69)63-35-19-33-61-72(63)52-22-2-6-27-55(52)74(61)58-30-9-14-38-66(58)77-67-39-15-10-31-59(67)74/h1-45H. The number of para-hydroxylation sites is 5. The van der Waals surface area contributed by atoms with E-state index in [1.54, 1.807) is 0 Å². The van der Waals surface area contributed by atoms with Crippen LogP contribution in [-0.2, 0) is 10.8 Å². The fraction of sp³-hybridized carbons (Fsp3) is 0.0270. The summed E-state index contributed by atoms with van der Waals surface area (Å²) in [4.78, 5) is 2.54. The van der Waals surface area contributed by atoms with E-state index in [0.29, 0.717) is 0 Å². The van der Waals surface area contributed by atoms with E-state index >= 15 is 0 Å². The van der Waals surface area contributed by atoms with Crippen LogP contribution in [0.1, 0.15) is 44.5 Å². The van der Waals surface area contributed by atoms with Crippen molar-refractivity contribution < 1.29 is 9.47 Å². The Morgan fingerprint density at radius 2 is 0.692 bits per heavy atom. The van der Waals surface area contributed by atoms with Gasteiger partial charge in [-0.15, -0.1) is 11.3 Å². The van der Waals surface area contributed by atoms with Gasteiger partial charge in [-0.05, 0) is 116 Å². The first-order chi connectivity index (χ1) is 38.7. The molecule has 13 aromatic rings. The summed E-state index contributed by atoms with van der Waals surface area (Å²) in [6.07, 6.45) is 0. The van der Waals surface area contributed by atoms with Crippen molar-refractivity contribution in [1.29, 1.82) is 0 Å². The monoisotopic (exact) mass is 1010 g/mol. The van der Waals surface area contributed by atoms with Crippen LogP contribution < -0.4 is 14.4 Å². The van der Waals surface area contributed by atoms with Gasteiger partial charge in [0.1, 0.15) is 23.0 Å². The van der Waals surface area contributed by atoms with Gasteiger partial charge in [0.25, 0.3) is 0 Å². The third-order valence-corrected chi connectivity index (χ3v) is 18.4. The predicted molar refractivity (Wildman–Crippen MR) is 320 cm³/mol. The first kappa shape index (κ1) is 43.5. The summed E-state index contributed by atoms with van der Waals surface area (Å²) in [5.74, 6) is 3.52. The molecule has 0 atom stereocenters. The summed E-state index contributed by atoms with van der Waals surface area (Å²) in [5.41, 5.74) is 21.1. The van der Waals surface area contributed by atoms with Crippen molar-refractivity contribution >= 4 is 48.6 Å². The topological polar surface area (TPSA) is 21.7 Å². The van der Waals surface area contributed by atoms with Crippen LogP contribution in [-0.4, -0.2) is 0 Å². The van der Waals surface area contributed by atoms with Crippen molar-refractivity contribution in [2.75, 3.05) is 4.90 Å². The number of hydrogen-bond donors (Lipinski definition) is 0. The lowest BCUT2D eigenvalue weighted by molar-refractivity contribution is 0.436. The van der Waals surface area contributed by atoms with Gasteiger partial charge in [-0.25, -0.2) is 0 Å². The Balaban J connectivity index is 0.938. The van der Waals surface area contributed by atoms with Crippen LogP contribution in [0.2, 0.25) is 0 Å². The molecule has 3 nitrogen and oxygen atoms in total. The van der Waals surface area contributed by atoms with Crippen LogP contribution in [0, 0.1) is 0 Å². The fourth-order valence-electron chi connectivity index (χ4n) is 14.3. The summed E-state index contributed by atoms with van der Waals surface area (Å²) in [6.45, 7) is 0. The molecule has 2 spiro atoms. The summed E-state index contributed by atoms with van der Waals surface area (Å²) < 4.78 is 16.1. The van der Waals surface area contributed by atoms with Crippen molar-refractivity contribution in [1.82, 2.24) is 0 Å². The van der Waals surface area contributed by atoms with Gasteiger partial charge in [-0.1, -0.05) is 212 Å². The highest BCUT2D eigenvalue weighted by Crippen LogP contribution is 2.66. The zero-order chi connectivity index (χ0) is 51.1. The maximum atomic E-state index is 6.79. The van der Waals surface area contributed by atoms with Gasteiger partial charge < -0.3 is 14.4 Å². The minimum Gasteiger partial charge on any atom is -0.457 e. The SMILES string of the molecule is c1ccc2c(c1)Oc1ccccc1C21c2ccccc2-c2c(-c3ccccc3N(c3ccc(-c4cccc5sc6ccccc6c45)cc3)c3cccc4c3-c3ccccc3C43c4ccccc4Oc4ccccc43)cccc21. The highest BCUT2D eigenvalue weighted by atomic mass is 32.1. The molecule has 0 fully saturated rings. The lowest BCUT2D eigenvalue weighted by Crippen LogP contribution is -2.32.